The summed E-state index contributed by atoms with van der Waals surface area (Å²) in [6.45, 7) is 0.236. The molecular weight excluding hydrogens is 472 g/mol. The second kappa shape index (κ2) is 9.57. The van der Waals surface area contributed by atoms with Gasteiger partial charge in [0.05, 0.1) is 4.90 Å². The quantitative estimate of drug-likeness (QED) is 0.566. The number of piperidine rings is 1. The molecule has 1 saturated heterocycles. The molecular formula is C21H21F2N5O3S2. The van der Waals surface area contributed by atoms with Gasteiger partial charge in [0.15, 0.2) is 16.8 Å². The normalized spacial score (nSPS) is 15.5. The maximum Gasteiger partial charge on any atom is 0.243 e. The van der Waals surface area contributed by atoms with Crippen molar-refractivity contribution in [1.82, 2.24) is 19.1 Å². The van der Waals surface area contributed by atoms with Gasteiger partial charge in [-0.15, -0.1) is 10.2 Å². The molecule has 0 aliphatic carbocycles. The summed E-state index contributed by atoms with van der Waals surface area (Å²) in [4.78, 5) is 13.3. The van der Waals surface area contributed by atoms with Crippen LogP contribution >= 0.6 is 11.8 Å². The summed E-state index contributed by atoms with van der Waals surface area (Å²) in [5, 5.41) is 11.5. The lowest BCUT2D eigenvalue weighted by atomic mass is 9.97. The first-order valence-electron chi connectivity index (χ1n) is 10.1. The van der Waals surface area contributed by atoms with Crippen LogP contribution in [0, 0.1) is 17.6 Å². The van der Waals surface area contributed by atoms with Crippen LogP contribution in [0.5, 0.6) is 0 Å². The number of halogens is 2. The van der Waals surface area contributed by atoms with E-state index in [1.807, 2.05) is 19.2 Å². The van der Waals surface area contributed by atoms with Crippen LogP contribution in [0.1, 0.15) is 12.8 Å². The molecule has 3 aromatic rings. The van der Waals surface area contributed by atoms with E-state index in [4.69, 9.17) is 0 Å². The van der Waals surface area contributed by atoms with Crippen LogP contribution in [-0.4, -0.2) is 46.5 Å². The largest absolute Gasteiger partial charge is 0.326 e. The van der Waals surface area contributed by atoms with Gasteiger partial charge in [-0.05, 0) is 67.1 Å². The van der Waals surface area contributed by atoms with Gasteiger partial charge in [-0.25, -0.2) is 17.2 Å². The Morgan fingerprint density at radius 3 is 2.39 bits per heavy atom. The molecule has 0 unspecified atom stereocenters. The molecule has 1 N–H and O–H groups in total. The zero-order valence-electron chi connectivity index (χ0n) is 17.6. The average Bonchev–Trinajstić information content (AvgIpc) is 3.21. The molecule has 2 aromatic carbocycles. The standard InChI is InChI=1S/C21H21F2N5O3S2/c1-27-13-24-26-21(27)32-16-4-2-15(3-5-16)25-20(29)14-8-10-28(11-9-14)33(30,31)17-6-7-18(22)19(23)12-17/h2-7,12-14H,8-11H2,1H3,(H,25,29). The molecule has 33 heavy (non-hydrogen) atoms. The molecule has 1 aliphatic rings. The average molecular weight is 494 g/mol. The number of carbonyl (C=O) groups excluding carboxylic acids is 1. The number of nitrogens with zero attached hydrogens (tertiary/aromatic N) is 4. The van der Waals surface area contributed by atoms with Crippen molar-refractivity contribution >= 4 is 33.4 Å². The van der Waals surface area contributed by atoms with Crippen molar-refractivity contribution in [2.45, 2.75) is 27.8 Å². The van der Waals surface area contributed by atoms with Crippen molar-refractivity contribution < 1.29 is 22.0 Å². The van der Waals surface area contributed by atoms with Crippen molar-refractivity contribution in [3.8, 4) is 0 Å². The molecule has 2 heterocycles. The minimum atomic E-state index is -3.96. The maximum absolute atomic E-state index is 13.5. The smallest absolute Gasteiger partial charge is 0.243 e. The fraction of sp³-hybridized carbons (Fsp3) is 0.286. The van der Waals surface area contributed by atoms with Crippen molar-refractivity contribution in [3.05, 3.63) is 60.4 Å². The van der Waals surface area contributed by atoms with Gasteiger partial charge in [-0.2, -0.15) is 4.31 Å². The minimum absolute atomic E-state index is 0.118. The third kappa shape index (κ3) is 5.23. The minimum Gasteiger partial charge on any atom is -0.326 e. The number of aromatic nitrogens is 3. The maximum atomic E-state index is 13.5. The summed E-state index contributed by atoms with van der Waals surface area (Å²) < 4.78 is 55.0. The summed E-state index contributed by atoms with van der Waals surface area (Å²) in [6, 6.07) is 9.82. The zero-order chi connectivity index (χ0) is 23.6. The summed E-state index contributed by atoms with van der Waals surface area (Å²) in [5.41, 5.74) is 0.638. The predicted octanol–water partition coefficient (Wildman–Crippen LogP) is 3.28. The fourth-order valence-corrected chi connectivity index (χ4v) is 5.71. The second-order valence-corrected chi connectivity index (χ2v) is 10.6. The van der Waals surface area contributed by atoms with Crippen LogP contribution in [-0.2, 0) is 21.9 Å². The number of benzene rings is 2. The van der Waals surface area contributed by atoms with Crippen LogP contribution in [0.2, 0.25) is 0 Å². The summed E-state index contributed by atoms with van der Waals surface area (Å²) >= 11 is 1.45. The van der Waals surface area contributed by atoms with E-state index in [2.05, 4.69) is 15.5 Å². The molecule has 1 amide bonds. The number of rotatable bonds is 6. The highest BCUT2D eigenvalue weighted by atomic mass is 32.2. The van der Waals surface area contributed by atoms with Gasteiger partial charge < -0.3 is 9.88 Å². The third-order valence-corrected chi connectivity index (χ3v) is 8.31. The Labute approximate surface area is 194 Å². The highest BCUT2D eigenvalue weighted by molar-refractivity contribution is 7.99. The number of carbonyl (C=O) groups is 1. The summed E-state index contributed by atoms with van der Waals surface area (Å²) in [6.07, 6.45) is 2.27. The number of sulfonamides is 1. The molecule has 0 radical (unpaired) electrons. The number of amides is 1. The molecule has 0 saturated carbocycles. The first-order chi connectivity index (χ1) is 15.7. The van der Waals surface area contributed by atoms with E-state index in [-0.39, 0.29) is 29.8 Å². The highest BCUT2D eigenvalue weighted by Crippen LogP contribution is 2.28. The monoisotopic (exact) mass is 493 g/mol. The van der Waals surface area contributed by atoms with Crippen LogP contribution in [0.25, 0.3) is 0 Å². The lowest BCUT2D eigenvalue weighted by molar-refractivity contribution is -0.120. The fourth-order valence-electron chi connectivity index (χ4n) is 3.47. The molecule has 1 aromatic heterocycles. The van der Waals surface area contributed by atoms with E-state index >= 15 is 0 Å². The molecule has 8 nitrogen and oxygen atoms in total. The Hall–Kier alpha value is -2.83. The highest BCUT2D eigenvalue weighted by Gasteiger charge is 2.32. The van der Waals surface area contributed by atoms with E-state index in [0.29, 0.717) is 24.6 Å². The molecule has 0 spiro atoms. The molecule has 12 heteroatoms. The van der Waals surface area contributed by atoms with Gasteiger partial charge in [-0.3, -0.25) is 4.79 Å². The molecule has 1 aliphatic heterocycles. The van der Waals surface area contributed by atoms with Crippen molar-refractivity contribution in [2.75, 3.05) is 18.4 Å². The summed E-state index contributed by atoms with van der Waals surface area (Å²) in [5.74, 6) is -2.86. The number of anilines is 1. The third-order valence-electron chi connectivity index (χ3n) is 5.35. The number of aryl methyl sites for hydroxylation is 1. The van der Waals surface area contributed by atoms with Gasteiger partial charge in [-0.1, -0.05) is 0 Å². The van der Waals surface area contributed by atoms with Crippen LogP contribution in [0.4, 0.5) is 14.5 Å². The van der Waals surface area contributed by atoms with Crippen molar-refractivity contribution in [1.29, 1.82) is 0 Å². The predicted molar refractivity (Wildman–Crippen MR) is 118 cm³/mol. The molecule has 0 atom stereocenters. The molecule has 4 rings (SSSR count). The summed E-state index contributed by atoms with van der Waals surface area (Å²) in [7, 11) is -2.10. The van der Waals surface area contributed by atoms with E-state index in [1.165, 1.54) is 16.1 Å². The Kier molecular flexibility index (Phi) is 6.77. The first kappa shape index (κ1) is 23.3. The zero-order valence-corrected chi connectivity index (χ0v) is 19.2. The van der Waals surface area contributed by atoms with Gasteiger partial charge in [0.2, 0.25) is 15.9 Å². The second-order valence-electron chi connectivity index (χ2n) is 7.59. The van der Waals surface area contributed by atoms with Gasteiger partial charge in [0, 0.05) is 36.6 Å². The number of hydrogen-bond donors (Lipinski definition) is 1. The van der Waals surface area contributed by atoms with Gasteiger partial charge in [0.25, 0.3) is 0 Å². The topological polar surface area (TPSA) is 97.2 Å². The first-order valence-corrected chi connectivity index (χ1v) is 12.4. The van der Waals surface area contributed by atoms with E-state index in [0.717, 1.165) is 22.2 Å². The Morgan fingerprint density at radius 1 is 1.09 bits per heavy atom. The number of nitrogens with one attached hydrogen (secondary N) is 1. The van der Waals surface area contributed by atoms with E-state index in [1.54, 1.807) is 23.0 Å². The van der Waals surface area contributed by atoms with Gasteiger partial charge in [0.1, 0.15) is 6.33 Å². The molecule has 174 valence electrons. The van der Waals surface area contributed by atoms with Crippen LogP contribution < -0.4 is 5.32 Å². The Balaban J connectivity index is 1.33. The molecule has 1 fully saturated rings. The van der Waals surface area contributed by atoms with Gasteiger partial charge >= 0.3 is 0 Å². The van der Waals surface area contributed by atoms with Crippen molar-refractivity contribution in [2.24, 2.45) is 13.0 Å². The SMILES string of the molecule is Cn1cnnc1Sc1ccc(NC(=O)C2CCN(S(=O)(=O)c3ccc(F)c(F)c3)CC2)cc1. The Bertz CT molecular complexity index is 1260. The van der Waals surface area contributed by atoms with E-state index in [9.17, 15) is 22.0 Å². The molecule has 0 bridgehead atoms. The van der Waals surface area contributed by atoms with E-state index < -0.39 is 21.7 Å². The van der Waals surface area contributed by atoms with Crippen LogP contribution in [0.3, 0.4) is 0 Å². The van der Waals surface area contributed by atoms with Crippen molar-refractivity contribution in [3.63, 3.8) is 0 Å². The lowest BCUT2D eigenvalue weighted by Gasteiger charge is -2.30. The number of hydrogen-bond acceptors (Lipinski definition) is 6. The lowest BCUT2D eigenvalue weighted by Crippen LogP contribution is -2.41. The van der Waals surface area contributed by atoms with Crippen LogP contribution in [0.15, 0.2) is 63.7 Å². The Morgan fingerprint density at radius 2 is 1.79 bits per heavy atom.